The maximum atomic E-state index is 12.8. The second-order valence-electron chi connectivity index (χ2n) is 5.97. The quantitative estimate of drug-likeness (QED) is 0.850. The van der Waals surface area contributed by atoms with Gasteiger partial charge in [0.25, 0.3) is 0 Å². The summed E-state index contributed by atoms with van der Waals surface area (Å²) in [5, 5.41) is 0.660. The second kappa shape index (κ2) is 7.14. The van der Waals surface area contributed by atoms with Gasteiger partial charge in [0.2, 0.25) is 5.91 Å². The summed E-state index contributed by atoms with van der Waals surface area (Å²) in [5.41, 5.74) is 1.97. The van der Waals surface area contributed by atoms with E-state index in [1.165, 1.54) is 0 Å². The molecule has 0 unspecified atom stereocenters. The SMILES string of the molecule is COc1ccccc1CN(C)C(=O)[C@H]1COc2ccc(Cl)cc2C1. The molecule has 3 rings (SSSR count). The van der Waals surface area contributed by atoms with Gasteiger partial charge in [0.1, 0.15) is 18.1 Å². The summed E-state index contributed by atoms with van der Waals surface area (Å²) < 4.78 is 11.1. The number of halogens is 1. The van der Waals surface area contributed by atoms with Crippen molar-refractivity contribution in [1.29, 1.82) is 0 Å². The number of hydrogen-bond acceptors (Lipinski definition) is 3. The average molecular weight is 346 g/mol. The van der Waals surface area contributed by atoms with Crippen LogP contribution in [0, 0.1) is 5.92 Å². The zero-order valence-corrected chi connectivity index (χ0v) is 14.5. The third-order valence-corrected chi connectivity index (χ3v) is 4.49. The van der Waals surface area contributed by atoms with Crippen LogP contribution in [0.25, 0.3) is 0 Å². The normalized spacial score (nSPS) is 16.0. The highest BCUT2D eigenvalue weighted by Gasteiger charge is 2.28. The Labute approximate surface area is 146 Å². The maximum Gasteiger partial charge on any atom is 0.229 e. The molecule has 0 spiro atoms. The van der Waals surface area contributed by atoms with Gasteiger partial charge in [-0.3, -0.25) is 4.79 Å². The summed E-state index contributed by atoms with van der Waals surface area (Å²) in [6, 6.07) is 13.3. The molecule has 126 valence electrons. The molecule has 1 aliphatic rings. The molecule has 2 aromatic carbocycles. The van der Waals surface area contributed by atoms with E-state index in [4.69, 9.17) is 21.1 Å². The first-order chi connectivity index (χ1) is 11.6. The number of rotatable bonds is 4. The van der Waals surface area contributed by atoms with Gasteiger partial charge >= 0.3 is 0 Å². The van der Waals surface area contributed by atoms with Crippen LogP contribution in [-0.4, -0.2) is 31.6 Å². The molecule has 1 heterocycles. The molecule has 0 aliphatic carbocycles. The lowest BCUT2D eigenvalue weighted by Gasteiger charge is -2.28. The van der Waals surface area contributed by atoms with E-state index in [1.807, 2.05) is 43.4 Å². The number of methoxy groups -OCH3 is 1. The molecular formula is C19H20ClNO3. The Morgan fingerprint density at radius 1 is 1.33 bits per heavy atom. The number of carbonyl (C=O) groups excluding carboxylic acids is 1. The Morgan fingerprint density at radius 3 is 2.92 bits per heavy atom. The van der Waals surface area contributed by atoms with Crippen molar-refractivity contribution in [2.45, 2.75) is 13.0 Å². The van der Waals surface area contributed by atoms with Crippen molar-refractivity contribution in [2.24, 2.45) is 5.92 Å². The molecule has 4 nitrogen and oxygen atoms in total. The van der Waals surface area contributed by atoms with Crippen LogP contribution >= 0.6 is 11.6 Å². The average Bonchev–Trinajstić information content (AvgIpc) is 2.60. The van der Waals surface area contributed by atoms with Crippen molar-refractivity contribution in [3.63, 3.8) is 0 Å². The molecule has 0 bridgehead atoms. The number of ether oxygens (including phenoxy) is 2. The van der Waals surface area contributed by atoms with Gasteiger partial charge in [0.15, 0.2) is 0 Å². The van der Waals surface area contributed by atoms with Crippen LogP contribution in [0.3, 0.4) is 0 Å². The molecule has 5 heteroatoms. The molecule has 1 amide bonds. The summed E-state index contributed by atoms with van der Waals surface area (Å²) >= 11 is 6.04. The Morgan fingerprint density at radius 2 is 2.12 bits per heavy atom. The van der Waals surface area contributed by atoms with Gasteiger partial charge in [-0.25, -0.2) is 0 Å². The lowest BCUT2D eigenvalue weighted by molar-refractivity contribution is -0.136. The number of fused-ring (bicyclic) bond motifs is 1. The molecule has 0 saturated carbocycles. The van der Waals surface area contributed by atoms with Crippen molar-refractivity contribution in [3.8, 4) is 11.5 Å². The lowest BCUT2D eigenvalue weighted by Crippen LogP contribution is -2.38. The highest BCUT2D eigenvalue weighted by Crippen LogP contribution is 2.30. The van der Waals surface area contributed by atoms with E-state index in [0.717, 1.165) is 22.6 Å². The summed E-state index contributed by atoms with van der Waals surface area (Å²) in [6.07, 6.45) is 0.644. The zero-order valence-electron chi connectivity index (χ0n) is 13.8. The van der Waals surface area contributed by atoms with Gasteiger partial charge < -0.3 is 14.4 Å². The van der Waals surface area contributed by atoms with Crippen molar-refractivity contribution in [2.75, 3.05) is 20.8 Å². The number of hydrogen-bond donors (Lipinski definition) is 0. The summed E-state index contributed by atoms with van der Waals surface area (Å²) in [4.78, 5) is 14.5. The molecule has 1 atom stereocenters. The minimum atomic E-state index is -0.198. The Hall–Kier alpha value is -2.20. The van der Waals surface area contributed by atoms with E-state index in [-0.39, 0.29) is 11.8 Å². The zero-order chi connectivity index (χ0) is 17.1. The van der Waals surface area contributed by atoms with Crippen LogP contribution in [-0.2, 0) is 17.8 Å². The van der Waals surface area contributed by atoms with E-state index in [0.29, 0.717) is 24.6 Å². The summed E-state index contributed by atoms with van der Waals surface area (Å²) in [7, 11) is 3.44. The van der Waals surface area contributed by atoms with E-state index in [1.54, 1.807) is 18.1 Å². The van der Waals surface area contributed by atoms with Crippen LogP contribution < -0.4 is 9.47 Å². The standard InChI is InChI=1S/C19H20ClNO3/c1-21(11-13-5-3-4-6-17(13)23-2)19(22)15-9-14-10-16(20)7-8-18(14)24-12-15/h3-8,10,15H,9,11-12H2,1-2H3/t15-/m1/s1. The first-order valence-corrected chi connectivity index (χ1v) is 8.24. The first-order valence-electron chi connectivity index (χ1n) is 7.86. The third-order valence-electron chi connectivity index (χ3n) is 4.25. The van der Waals surface area contributed by atoms with Crippen molar-refractivity contribution in [1.82, 2.24) is 4.90 Å². The Bertz CT molecular complexity index is 747. The summed E-state index contributed by atoms with van der Waals surface area (Å²) in [5.74, 6) is 1.47. The third kappa shape index (κ3) is 3.49. The van der Waals surface area contributed by atoms with Crippen LogP contribution in [0.1, 0.15) is 11.1 Å². The lowest BCUT2D eigenvalue weighted by atomic mass is 9.95. The number of benzene rings is 2. The smallest absolute Gasteiger partial charge is 0.229 e. The van der Waals surface area contributed by atoms with Gasteiger partial charge in [-0.2, -0.15) is 0 Å². The molecule has 1 aliphatic heterocycles. The fourth-order valence-corrected chi connectivity index (χ4v) is 3.20. The van der Waals surface area contributed by atoms with E-state index >= 15 is 0 Å². The van der Waals surface area contributed by atoms with Crippen LogP contribution in [0.5, 0.6) is 11.5 Å². The van der Waals surface area contributed by atoms with Crippen molar-refractivity contribution in [3.05, 3.63) is 58.6 Å². The topological polar surface area (TPSA) is 38.8 Å². The Balaban J connectivity index is 1.70. The Kier molecular flexibility index (Phi) is 4.95. The molecule has 24 heavy (non-hydrogen) atoms. The van der Waals surface area contributed by atoms with Crippen LogP contribution in [0.15, 0.2) is 42.5 Å². The van der Waals surface area contributed by atoms with E-state index < -0.39 is 0 Å². The molecule has 0 fully saturated rings. The second-order valence-corrected chi connectivity index (χ2v) is 6.41. The number of nitrogens with zero attached hydrogens (tertiary/aromatic N) is 1. The van der Waals surface area contributed by atoms with Crippen LogP contribution in [0.4, 0.5) is 0 Å². The highest BCUT2D eigenvalue weighted by atomic mass is 35.5. The number of amides is 1. The first kappa shape index (κ1) is 16.7. The van der Waals surface area contributed by atoms with Crippen LogP contribution in [0.2, 0.25) is 5.02 Å². The van der Waals surface area contributed by atoms with Gasteiger partial charge in [-0.1, -0.05) is 29.8 Å². The van der Waals surface area contributed by atoms with Gasteiger partial charge in [0.05, 0.1) is 13.0 Å². The van der Waals surface area contributed by atoms with E-state index in [2.05, 4.69) is 0 Å². The molecule has 2 aromatic rings. The maximum absolute atomic E-state index is 12.8. The summed E-state index contributed by atoms with van der Waals surface area (Å²) in [6.45, 7) is 0.894. The molecule has 0 N–H and O–H groups in total. The fraction of sp³-hybridized carbons (Fsp3) is 0.316. The molecule has 0 radical (unpaired) electrons. The van der Waals surface area contributed by atoms with E-state index in [9.17, 15) is 4.79 Å². The highest BCUT2D eigenvalue weighted by molar-refractivity contribution is 6.30. The fourth-order valence-electron chi connectivity index (χ4n) is 3.00. The number of carbonyl (C=O) groups is 1. The van der Waals surface area contributed by atoms with Gasteiger partial charge in [0, 0.05) is 24.2 Å². The van der Waals surface area contributed by atoms with Gasteiger partial charge in [-0.05, 0) is 36.2 Å². The van der Waals surface area contributed by atoms with Crippen molar-refractivity contribution < 1.29 is 14.3 Å². The van der Waals surface area contributed by atoms with Gasteiger partial charge in [-0.15, -0.1) is 0 Å². The largest absolute Gasteiger partial charge is 0.496 e. The minimum Gasteiger partial charge on any atom is -0.496 e. The number of para-hydroxylation sites is 1. The van der Waals surface area contributed by atoms with Crippen molar-refractivity contribution >= 4 is 17.5 Å². The molecule has 0 saturated heterocycles. The predicted molar refractivity (Wildman–Crippen MR) is 93.6 cm³/mol. The minimum absolute atomic E-state index is 0.0616. The monoisotopic (exact) mass is 345 g/mol. The molecular weight excluding hydrogens is 326 g/mol. The molecule has 0 aromatic heterocycles. The predicted octanol–water partition coefficient (Wildman–Crippen LogP) is 3.56.